The van der Waals surface area contributed by atoms with Gasteiger partial charge in [-0.15, -0.1) is 0 Å². The molecule has 0 heterocycles. The van der Waals surface area contributed by atoms with Crippen LogP contribution in [0.2, 0.25) is 0 Å². The minimum Gasteiger partial charge on any atom is -1.00 e. The molecular weight excluding hydrogens is 470 g/mol. The first kappa shape index (κ1) is 28.4. The van der Waals surface area contributed by atoms with Crippen LogP contribution < -0.4 is 22.6 Å². The molecule has 0 aliphatic heterocycles. The Morgan fingerprint density at radius 2 is 1.65 bits per heavy atom. The minimum atomic E-state index is -0.766. The molecule has 0 saturated heterocycles. The lowest BCUT2D eigenvalue weighted by molar-refractivity contribution is -0.568. The molecule has 0 radical (unpaired) electrons. The summed E-state index contributed by atoms with van der Waals surface area (Å²) >= 11 is 0. The van der Waals surface area contributed by atoms with Gasteiger partial charge in [-0.25, -0.2) is 9.59 Å². The first-order chi connectivity index (χ1) is 15.6. The third-order valence-corrected chi connectivity index (χ3v) is 4.75. The molecular formula is C21H26ClN5O7. The number of non-ortho nitro benzene ring substituents is 1. The van der Waals surface area contributed by atoms with Crippen molar-refractivity contribution < 1.29 is 41.9 Å². The topological polar surface area (TPSA) is 153 Å². The van der Waals surface area contributed by atoms with E-state index in [9.17, 15) is 29.8 Å². The number of hydrogen-bond acceptors (Lipinski definition) is 8. The SMILES string of the molecule is CN(C)CC[NH2+]C(=O)Cc1ccc(N(C)C(=O)OCc2ccc([N+](=O)[O-])cc2[N+](=O)[O-])cc1.[Cl-]. The van der Waals surface area contributed by atoms with Crippen molar-refractivity contribution in [3.05, 3.63) is 73.8 Å². The number of ether oxygens (including phenoxy) is 1. The molecule has 0 unspecified atom stereocenters. The second-order valence-electron chi connectivity index (χ2n) is 7.55. The van der Waals surface area contributed by atoms with Gasteiger partial charge in [-0.3, -0.25) is 30.4 Å². The van der Waals surface area contributed by atoms with E-state index in [-0.39, 0.29) is 30.3 Å². The van der Waals surface area contributed by atoms with E-state index in [1.807, 2.05) is 19.0 Å². The van der Waals surface area contributed by atoms with Crippen molar-refractivity contribution in [1.29, 1.82) is 0 Å². The van der Waals surface area contributed by atoms with Gasteiger partial charge in [-0.1, -0.05) is 12.1 Å². The van der Waals surface area contributed by atoms with Crippen molar-refractivity contribution in [1.82, 2.24) is 4.90 Å². The number of carbonyl (C=O) groups excluding carboxylic acids is 2. The molecule has 184 valence electrons. The van der Waals surface area contributed by atoms with E-state index in [1.165, 1.54) is 18.0 Å². The summed E-state index contributed by atoms with van der Waals surface area (Å²) in [4.78, 5) is 48.1. The molecule has 2 rings (SSSR count). The first-order valence-corrected chi connectivity index (χ1v) is 10.0. The maximum Gasteiger partial charge on any atom is 0.414 e. The summed E-state index contributed by atoms with van der Waals surface area (Å²) < 4.78 is 5.14. The number of primary amides is 1. The Morgan fingerprint density at radius 3 is 2.21 bits per heavy atom. The predicted octanol–water partition coefficient (Wildman–Crippen LogP) is -1.53. The summed E-state index contributed by atoms with van der Waals surface area (Å²) in [5.41, 5.74) is 0.407. The van der Waals surface area contributed by atoms with Crippen LogP contribution in [-0.2, 0) is 22.6 Å². The van der Waals surface area contributed by atoms with Crippen LogP contribution >= 0.6 is 0 Å². The van der Waals surface area contributed by atoms with E-state index >= 15 is 0 Å². The van der Waals surface area contributed by atoms with Crippen molar-refractivity contribution in [2.24, 2.45) is 0 Å². The Kier molecular flexibility index (Phi) is 11.0. The third-order valence-electron chi connectivity index (χ3n) is 4.75. The normalized spacial score (nSPS) is 10.4. The van der Waals surface area contributed by atoms with Crippen molar-refractivity contribution >= 4 is 29.1 Å². The molecule has 0 aliphatic carbocycles. The van der Waals surface area contributed by atoms with Gasteiger partial charge in [0.25, 0.3) is 11.4 Å². The highest BCUT2D eigenvalue weighted by Crippen LogP contribution is 2.25. The number of benzene rings is 2. The molecule has 2 aromatic carbocycles. The average molecular weight is 496 g/mol. The van der Waals surface area contributed by atoms with E-state index in [4.69, 9.17) is 4.74 Å². The maximum absolute atomic E-state index is 12.4. The Balaban J connectivity index is 0.00000578. The highest BCUT2D eigenvalue weighted by Gasteiger charge is 2.21. The molecule has 0 bridgehead atoms. The van der Waals surface area contributed by atoms with Crippen LogP contribution in [0.25, 0.3) is 0 Å². The number of nitro benzene ring substituents is 2. The van der Waals surface area contributed by atoms with Gasteiger partial charge in [-0.05, 0) is 37.9 Å². The second kappa shape index (κ2) is 13.2. The molecule has 0 atom stereocenters. The van der Waals surface area contributed by atoms with Gasteiger partial charge < -0.3 is 22.0 Å². The van der Waals surface area contributed by atoms with Crippen molar-refractivity contribution in [2.75, 3.05) is 39.1 Å². The van der Waals surface area contributed by atoms with Gasteiger partial charge in [0.2, 0.25) is 0 Å². The summed E-state index contributed by atoms with van der Waals surface area (Å²) in [6.45, 7) is 1.04. The molecule has 13 heteroatoms. The van der Waals surface area contributed by atoms with Gasteiger partial charge in [0.15, 0.2) is 0 Å². The standard InChI is InChI=1S/C21H25N5O7.ClH/c1-23(2)11-10-22-20(27)12-15-4-7-17(8-5-15)24(3)21(28)33-14-16-6-9-18(25(29)30)13-19(16)26(31)32;/h4-9,13H,10-12,14H2,1-3H3,(H,22,27);1H. The average Bonchev–Trinajstić information content (AvgIpc) is 2.76. The zero-order valence-corrected chi connectivity index (χ0v) is 19.7. The smallest absolute Gasteiger partial charge is 0.414 e. The summed E-state index contributed by atoms with van der Waals surface area (Å²) in [5, 5.41) is 23.7. The number of nitro groups is 2. The molecule has 2 amide bonds. The maximum atomic E-state index is 12.4. The van der Waals surface area contributed by atoms with Crippen LogP contribution in [0.4, 0.5) is 21.9 Å². The van der Waals surface area contributed by atoms with Gasteiger partial charge in [0.05, 0.1) is 34.4 Å². The number of nitrogens with zero attached hydrogens (tertiary/aromatic N) is 4. The fourth-order valence-electron chi connectivity index (χ4n) is 2.89. The van der Waals surface area contributed by atoms with E-state index < -0.39 is 33.9 Å². The molecule has 0 fully saturated rings. The van der Waals surface area contributed by atoms with Crippen molar-refractivity contribution in [3.8, 4) is 0 Å². The summed E-state index contributed by atoms with van der Waals surface area (Å²) in [6.07, 6.45) is -0.505. The fourth-order valence-corrected chi connectivity index (χ4v) is 2.89. The Hall–Kier alpha value is -3.61. The van der Waals surface area contributed by atoms with E-state index in [0.29, 0.717) is 12.2 Å². The molecule has 0 saturated carbocycles. The summed E-state index contributed by atoms with van der Waals surface area (Å²) in [7, 11) is 5.35. The lowest BCUT2D eigenvalue weighted by Gasteiger charge is -2.17. The van der Waals surface area contributed by atoms with Crippen molar-refractivity contribution in [3.63, 3.8) is 0 Å². The lowest BCUT2D eigenvalue weighted by atomic mass is 10.1. The molecule has 34 heavy (non-hydrogen) atoms. The largest absolute Gasteiger partial charge is 1.00 e. The zero-order valence-electron chi connectivity index (χ0n) is 19.0. The summed E-state index contributed by atoms with van der Waals surface area (Å²) in [5.74, 6) is 0.0158. The van der Waals surface area contributed by atoms with Gasteiger partial charge in [-0.2, -0.15) is 0 Å². The Morgan fingerprint density at radius 1 is 1.00 bits per heavy atom. The highest BCUT2D eigenvalue weighted by atomic mass is 35.5. The minimum absolute atomic E-state index is 0. The number of likely N-dealkylation sites (N-methyl/N-ethyl adjacent to an activating group) is 1. The molecule has 0 spiro atoms. The predicted molar refractivity (Wildman–Crippen MR) is 119 cm³/mol. The van der Waals surface area contributed by atoms with Gasteiger partial charge >= 0.3 is 12.0 Å². The molecule has 2 aromatic rings. The zero-order chi connectivity index (χ0) is 24.5. The molecule has 0 aromatic heterocycles. The second-order valence-corrected chi connectivity index (χ2v) is 7.55. The number of rotatable bonds is 10. The molecule has 0 aliphatic rings. The number of nitrogens with two attached hydrogens (primary N) is 1. The fraction of sp³-hybridized carbons (Fsp3) is 0.333. The van der Waals surface area contributed by atoms with Crippen molar-refractivity contribution in [2.45, 2.75) is 13.0 Å². The molecule has 12 nitrogen and oxygen atoms in total. The third kappa shape index (κ3) is 8.39. The number of carbonyl (C=O) groups is 2. The summed E-state index contributed by atoms with van der Waals surface area (Å²) in [6, 6.07) is 9.92. The Bertz CT molecular complexity index is 1030. The highest BCUT2D eigenvalue weighted by molar-refractivity contribution is 5.87. The first-order valence-electron chi connectivity index (χ1n) is 10.0. The quantitative estimate of drug-likeness (QED) is 0.308. The van der Waals surface area contributed by atoms with Gasteiger partial charge in [0, 0.05) is 25.3 Å². The van der Waals surface area contributed by atoms with Crippen LogP contribution in [-0.4, -0.2) is 61.0 Å². The Labute approximate surface area is 202 Å². The van der Waals surface area contributed by atoms with E-state index in [1.54, 1.807) is 29.6 Å². The van der Waals surface area contributed by atoms with Gasteiger partial charge in [0.1, 0.15) is 6.61 Å². The monoisotopic (exact) mass is 495 g/mol. The van der Waals surface area contributed by atoms with Crippen LogP contribution in [0, 0.1) is 20.2 Å². The number of hydrogen-bond donors (Lipinski definition) is 1. The van der Waals surface area contributed by atoms with Crippen LogP contribution in [0.1, 0.15) is 11.1 Å². The van der Waals surface area contributed by atoms with Crippen LogP contribution in [0.15, 0.2) is 42.5 Å². The molecule has 2 N–H and O–H groups in total. The van der Waals surface area contributed by atoms with E-state index in [2.05, 4.69) is 0 Å². The van der Waals surface area contributed by atoms with E-state index in [0.717, 1.165) is 24.2 Å². The number of amides is 2. The van der Waals surface area contributed by atoms with Crippen LogP contribution in [0.5, 0.6) is 0 Å². The lowest BCUT2D eigenvalue weighted by Crippen LogP contribution is -3.00. The number of quaternary nitrogens is 1. The van der Waals surface area contributed by atoms with Crippen LogP contribution in [0.3, 0.4) is 0 Å². The number of anilines is 1. The number of halogens is 1.